The zero-order chi connectivity index (χ0) is 19.3. The van der Waals surface area contributed by atoms with E-state index < -0.39 is 12.0 Å². The SMILES string of the molecule is Cc1cccc(COc2c(C)cc(CN[C@@H](C(=O)O)C(C)C)cc2C)c1. The number of carboxylic acid groups (broad SMARTS) is 1. The molecule has 1 atom stereocenters. The van der Waals surface area contributed by atoms with E-state index in [-0.39, 0.29) is 5.92 Å². The summed E-state index contributed by atoms with van der Waals surface area (Å²) in [6.45, 7) is 11.0. The van der Waals surface area contributed by atoms with Crippen molar-refractivity contribution >= 4 is 5.97 Å². The lowest BCUT2D eigenvalue weighted by Gasteiger charge is -2.19. The summed E-state index contributed by atoms with van der Waals surface area (Å²) in [5, 5.41) is 12.4. The minimum atomic E-state index is -0.813. The maximum atomic E-state index is 11.3. The van der Waals surface area contributed by atoms with Crippen molar-refractivity contribution in [3.05, 3.63) is 64.2 Å². The Morgan fingerprint density at radius 3 is 2.27 bits per heavy atom. The highest BCUT2D eigenvalue weighted by molar-refractivity contribution is 5.73. The van der Waals surface area contributed by atoms with Crippen LogP contribution in [0.4, 0.5) is 0 Å². The predicted octanol–water partition coefficient (Wildman–Crippen LogP) is 4.39. The Balaban J connectivity index is 2.06. The molecule has 140 valence electrons. The number of rotatable bonds is 8. The summed E-state index contributed by atoms with van der Waals surface area (Å²) < 4.78 is 6.05. The molecule has 4 nitrogen and oxygen atoms in total. The Kier molecular flexibility index (Phi) is 6.81. The van der Waals surface area contributed by atoms with Gasteiger partial charge in [-0.25, -0.2) is 0 Å². The minimum Gasteiger partial charge on any atom is -0.488 e. The van der Waals surface area contributed by atoms with Crippen molar-refractivity contribution in [2.45, 2.75) is 53.8 Å². The van der Waals surface area contributed by atoms with Crippen LogP contribution in [0.5, 0.6) is 5.75 Å². The van der Waals surface area contributed by atoms with Gasteiger partial charge in [0.1, 0.15) is 18.4 Å². The van der Waals surface area contributed by atoms with Crippen molar-refractivity contribution in [3.8, 4) is 5.75 Å². The average Bonchev–Trinajstić information content (AvgIpc) is 2.53. The summed E-state index contributed by atoms with van der Waals surface area (Å²) in [5.41, 5.74) is 5.56. The van der Waals surface area contributed by atoms with Gasteiger partial charge in [-0.1, -0.05) is 55.8 Å². The molecule has 0 saturated heterocycles. The Morgan fingerprint density at radius 1 is 1.08 bits per heavy atom. The predicted molar refractivity (Wildman–Crippen MR) is 105 cm³/mol. The lowest BCUT2D eigenvalue weighted by Crippen LogP contribution is -2.40. The molecule has 0 amide bonds. The van der Waals surface area contributed by atoms with Gasteiger partial charge in [-0.2, -0.15) is 0 Å². The van der Waals surface area contributed by atoms with E-state index in [1.165, 1.54) is 5.56 Å². The first-order valence-electron chi connectivity index (χ1n) is 9.02. The fourth-order valence-electron chi connectivity index (χ4n) is 3.16. The molecule has 0 unspecified atom stereocenters. The van der Waals surface area contributed by atoms with E-state index in [0.29, 0.717) is 13.2 Å². The number of benzene rings is 2. The third-order valence-electron chi connectivity index (χ3n) is 4.44. The van der Waals surface area contributed by atoms with Gasteiger partial charge in [-0.05, 0) is 48.9 Å². The summed E-state index contributed by atoms with van der Waals surface area (Å²) in [5.74, 6) is 0.118. The molecule has 0 aliphatic rings. The van der Waals surface area contributed by atoms with E-state index in [0.717, 1.165) is 28.0 Å². The number of aryl methyl sites for hydroxylation is 3. The zero-order valence-electron chi connectivity index (χ0n) is 16.3. The summed E-state index contributed by atoms with van der Waals surface area (Å²) >= 11 is 0. The van der Waals surface area contributed by atoms with Gasteiger partial charge in [0, 0.05) is 6.54 Å². The molecule has 0 bridgehead atoms. The highest BCUT2D eigenvalue weighted by Crippen LogP contribution is 2.26. The molecule has 0 aromatic heterocycles. The second kappa shape index (κ2) is 8.86. The largest absolute Gasteiger partial charge is 0.488 e. The fourth-order valence-corrected chi connectivity index (χ4v) is 3.16. The lowest BCUT2D eigenvalue weighted by atomic mass is 10.0. The van der Waals surface area contributed by atoms with Crippen molar-refractivity contribution in [1.82, 2.24) is 5.32 Å². The van der Waals surface area contributed by atoms with E-state index in [2.05, 4.69) is 42.6 Å². The smallest absolute Gasteiger partial charge is 0.320 e. The average molecular weight is 355 g/mol. The molecule has 0 spiro atoms. The van der Waals surface area contributed by atoms with Crippen LogP contribution in [0.15, 0.2) is 36.4 Å². The van der Waals surface area contributed by atoms with E-state index in [4.69, 9.17) is 4.74 Å². The van der Waals surface area contributed by atoms with Crippen LogP contribution in [-0.4, -0.2) is 17.1 Å². The van der Waals surface area contributed by atoms with E-state index in [9.17, 15) is 9.90 Å². The molecule has 0 heterocycles. The third-order valence-corrected chi connectivity index (χ3v) is 4.44. The molecule has 0 fully saturated rings. The van der Waals surface area contributed by atoms with Crippen LogP contribution in [0.3, 0.4) is 0 Å². The first kappa shape index (κ1) is 20.0. The standard InChI is InChI=1S/C22H29NO3/c1-14(2)20(22(24)25)23-12-19-10-16(4)21(17(5)11-19)26-13-18-8-6-7-15(3)9-18/h6-11,14,20,23H,12-13H2,1-5H3,(H,24,25)/t20-/m1/s1. The number of ether oxygens (including phenoxy) is 1. The van der Waals surface area contributed by atoms with Gasteiger partial charge in [0.15, 0.2) is 0 Å². The maximum absolute atomic E-state index is 11.3. The van der Waals surface area contributed by atoms with Crippen LogP contribution in [0.2, 0.25) is 0 Å². The first-order chi connectivity index (χ1) is 12.3. The fraction of sp³-hybridized carbons (Fsp3) is 0.409. The summed E-state index contributed by atoms with van der Waals surface area (Å²) in [6, 6.07) is 11.9. The third kappa shape index (κ3) is 5.33. The highest BCUT2D eigenvalue weighted by atomic mass is 16.5. The normalized spacial score (nSPS) is 12.2. The zero-order valence-corrected chi connectivity index (χ0v) is 16.3. The topological polar surface area (TPSA) is 58.6 Å². The number of hydrogen-bond donors (Lipinski definition) is 2. The quantitative estimate of drug-likeness (QED) is 0.737. The molecule has 2 rings (SSSR count). The van der Waals surface area contributed by atoms with Crippen LogP contribution in [-0.2, 0) is 17.9 Å². The molecular formula is C22H29NO3. The highest BCUT2D eigenvalue weighted by Gasteiger charge is 2.20. The molecule has 0 aliphatic heterocycles. The molecule has 0 radical (unpaired) electrons. The molecule has 2 aromatic rings. The van der Waals surface area contributed by atoms with E-state index in [1.54, 1.807) is 0 Å². The maximum Gasteiger partial charge on any atom is 0.320 e. The molecular weight excluding hydrogens is 326 g/mol. The van der Waals surface area contributed by atoms with E-state index in [1.807, 2.05) is 33.8 Å². The van der Waals surface area contributed by atoms with Gasteiger partial charge in [-0.15, -0.1) is 0 Å². The number of hydrogen-bond acceptors (Lipinski definition) is 3. The second-order valence-electron chi connectivity index (χ2n) is 7.28. The van der Waals surface area contributed by atoms with Crippen LogP contribution < -0.4 is 10.1 Å². The Bertz CT molecular complexity index is 745. The molecule has 2 N–H and O–H groups in total. The number of carboxylic acids is 1. The van der Waals surface area contributed by atoms with Gasteiger partial charge < -0.3 is 15.2 Å². The van der Waals surface area contributed by atoms with Crippen LogP contribution in [0, 0.1) is 26.7 Å². The monoisotopic (exact) mass is 355 g/mol. The van der Waals surface area contributed by atoms with Gasteiger partial charge >= 0.3 is 5.97 Å². The molecule has 0 aliphatic carbocycles. The minimum absolute atomic E-state index is 0.0339. The number of carbonyl (C=O) groups is 1. The van der Waals surface area contributed by atoms with Gasteiger partial charge in [0.05, 0.1) is 0 Å². The molecule has 26 heavy (non-hydrogen) atoms. The van der Waals surface area contributed by atoms with Gasteiger partial charge in [0.25, 0.3) is 0 Å². The van der Waals surface area contributed by atoms with Crippen molar-refractivity contribution < 1.29 is 14.6 Å². The Morgan fingerprint density at radius 2 is 1.73 bits per heavy atom. The lowest BCUT2D eigenvalue weighted by molar-refractivity contribution is -0.140. The van der Waals surface area contributed by atoms with E-state index >= 15 is 0 Å². The molecule has 0 saturated carbocycles. The summed E-state index contributed by atoms with van der Waals surface area (Å²) in [7, 11) is 0. The first-order valence-corrected chi connectivity index (χ1v) is 9.02. The Hall–Kier alpha value is -2.33. The van der Waals surface area contributed by atoms with Gasteiger partial charge in [-0.3, -0.25) is 4.79 Å². The van der Waals surface area contributed by atoms with Crippen molar-refractivity contribution in [2.24, 2.45) is 5.92 Å². The molecule has 2 aromatic carbocycles. The number of aliphatic carboxylic acids is 1. The second-order valence-corrected chi connectivity index (χ2v) is 7.28. The van der Waals surface area contributed by atoms with Crippen LogP contribution >= 0.6 is 0 Å². The molecule has 4 heteroatoms. The van der Waals surface area contributed by atoms with Crippen molar-refractivity contribution in [2.75, 3.05) is 0 Å². The number of nitrogens with one attached hydrogen (secondary N) is 1. The van der Waals surface area contributed by atoms with Crippen molar-refractivity contribution in [1.29, 1.82) is 0 Å². The Labute approximate surface area is 156 Å². The summed E-state index contributed by atoms with van der Waals surface area (Å²) in [6.07, 6.45) is 0. The van der Waals surface area contributed by atoms with Crippen molar-refractivity contribution in [3.63, 3.8) is 0 Å². The summed E-state index contributed by atoms with van der Waals surface area (Å²) in [4.78, 5) is 11.3. The van der Waals surface area contributed by atoms with Crippen LogP contribution in [0.25, 0.3) is 0 Å². The van der Waals surface area contributed by atoms with Gasteiger partial charge in [0.2, 0.25) is 0 Å². The van der Waals surface area contributed by atoms with Crippen LogP contribution in [0.1, 0.15) is 41.7 Å².